The minimum Gasteiger partial charge on any atom is -0.251 e. The van der Waals surface area contributed by atoms with Crippen molar-refractivity contribution in [1.29, 1.82) is 0 Å². The standard InChI is InChI=1S/C3H4F4.C3H2F4/c2*4-2-1-3(5,6)7/h1-2H2;1-2H. The number of halogens is 8. The zero-order valence-electron chi connectivity index (χ0n) is 6.59. The van der Waals surface area contributed by atoms with Gasteiger partial charge in [-0.2, -0.15) is 26.3 Å². The lowest BCUT2D eigenvalue weighted by Crippen LogP contribution is -2.07. The first-order valence-corrected chi connectivity index (χ1v) is 3.09. The van der Waals surface area contributed by atoms with Gasteiger partial charge in [0.15, 0.2) is 0 Å². The molecule has 0 aromatic heterocycles. The van der Waals surface area contributed by atoms with Gasteiger partial charge in [0.25, 0.3) is 0 Å². The van der Waals surface area contributed by atoms with E-state index in [4.69, 9.17) is 0 Å². The molecule has 0 saturated carbocycles. The van der Waals surface area contributed by atoms with Crippen molar-refractivity contribution in [1.82, 2.24) is 0 Å². The third-order valence-electron chi connectivity index (χ3n) is 0.630. The summed E-state index contributed by atoms with van der Waals surface area (Å²) >= 11 is 0. The molecule has 0 aliphatic heterocycles. The van der Waals surface area contributed by atoms with Crippen molar-refractivity contribution in [2.75, 3.05) is 6.67 Å². The van der Waals surface area contributed by atoms with Gasteiger partial charge in [-0.05, 0) is 0 Å². The predicted molar refractivity (Wildman–Crippen MR) is 33.0 cm³/mol. The Labute approximate surface area is 74.2 Å². The highest BCUT2D eigenvalue weighted by Gasteiger charge is 2.25. The van der Waals surface area contributed by atoms with E-state index in [9.17, 15) is 35.1 Å². The molecule has 0 aliphatic rings. The number of hydrogen-bond donors (Lipinski definition) is 0. The molecule has 0 fully saturated rings. The molecule has 0 radical (unpaired) electrons. The molecule has 8 heteroatoms. The fraction of sp³-hybridized carbons (Fsp3) is 0.667. The van der Waals surface area contributed by atoms with Crippen molar-refractivity contribution in [2.45, 2.75) is 18.8 Å². The van der Waals surface area contributed by atoms with Crippen LogP contribution in [0.15, 0.2) is 12.4 Å². The van der Waals surface area contributed by atoms with Crippen LogP contribution in [-0.2, 0) is 0 Å². The maximum Gasteiger partial charge on any atom is 0.411 e. The molecule has 0 aliphatic carbocycles. The summed E-state index contributed by atoms with van der Waals surface area (Å²) in [4.78, 5) is 0. The first-order chi connectivity index (χ1) is 6.12. The van der Waals surface area contributed by atoms with Crippen LogP contribution in [0.5, 0.6) is 0 Å². The number of rotatable bonds is 1. The monoisotopic (exact) mass is 230 g/mol. The maximum absolute atomic E-state index is 10.8. The average molecular weight is 230 g/mol. The van der Waals surface area contributed by atoms with Crippen molar-refractivity contribution in [3.8, 4) is 0 Å². The fourth-order valence-corrected chi connectivity index (χ4v) is 0.179. The summed E-state index contributed by atoms with van der Waals surface area (Å²) in [5.74, 6) is 0. The molecule has 0 aromatic rings. The first kappa shape index (κ1) is 15.6. The molecule has 0 rings (SSSR count). The van der Waals surface area contributed by atoms with E-state index >= 15 is 0 Å². The van der Waals surface area contributed by atoms with Crippen LogP contribution in [0.1, 0.15) is 6.42 Å². The minimum absolute atomic E-state index is 0.479. The van der Waals surface area contributed by atoms with Crippen molar-refractivity contribution in [3.63, 3.8) is 0 Å². The van der Waals surface area contributed by atoms with Gasteiger partial charge in [0.2, 0.25) is 0 Å². The highest BCUT2D eigenvalue weighted by molar-refractivity contribution is 4.80. The Bertz CT molecular complexity index is 152. The van der Waals surface area contributed by atoms with E-state index < -0.39 is 37.9 Å². The van der Waals surface area contributed by atoms with E-state index in [2.05, 4.69) is 0 Å². The lowest BCUT2D eigenvalue weighted by atomic mass is 10.5. The summed E-state index contributed by atoms with van der Waals surface area (Å²) in [7, 11) is 0. The van der Waals surface area contributed by atoms with Crippen molar-refractivity contribution >= 4 is 0 Å². The van der Waals surface area contributed by atoms with Crippen LogP contribution in [0.3, 0.4) is 0 Å². The van der Waals surface area contributed by atoms with Crippen LogP contribution < -0.4 is 0 Å². The van der Waals surface area contributed by atoms with Gasteiger partial charge in [-0.15, -0.1) is 0 Å². The zero-order valence-corrected chi connectivity index (χ0v) is 6.59. The van der Waals surface area contributed by atoms with Crippen LogP contribution in [0, 0.1) is 0 Å². The van der Waals surface area contributed by atoms with E-state index in [0.717, 1.165) is 0 Å². The number of alkyl halides is 7. The van der Waals surface area contributed by atoms with Gasteiger partial charge in [0.05, 0.1) is 19.4 Å². The zero-order chi connectivity index (χ0) is 11.8. The highest BCUT2D eigenvalue weighted by Crippen LogP contribution is 2.18. The smallest absolute Gasteiger partial charge is 0.251 e. The molecular formula is C6H6F8. The van der Waals surface area contributed by atoms with Gasteiger partial charge in [0, 0.05) is 6.08 Å². The van der Waals surface area contributed by atoms with E-state index in [-0.39, 0.29) is 0 Å². The topological polar surface area (TPSA) is 0 Å². The molecule has 86 valence electrons. The fourth-order valence-electron chi connectivity index (χ4n) is 0.179. The van der Waals surface area contributed by atoms with Gasteiger partial charge >= 0.3 is 12.4 Å². The Balaban J connectivity index is 0. The number of hydrogen-bond acceptors (Lipinski definition) is 0. The third kappa shape index (κ3) is 22.5. The average Bonchev–Trinajstić information content (AvgIpc) is 1.81. The van der Waals surface area contributed by atoms with Crippen LogP contribution in [0.25, 0.3) is 0 Å². The first-order valence-electron chi connectivity index (χ1n) is 3.09. The highest BCUT2D eigenvalue weighted by atomic mass is 19.4. The van der Waals surface area contributed by atoms with Gasteiger partial charge < -0.3 is 0 Å². The largest absolute Gasteiger partial charge is 0.411 e. The molecule has 0 amide bonds. The van der Waals surface area contributed by atoms with Crippen molar-refractivity contribution < 1.29 is 35.1 Å². The Morgan fingerprint density at radius 1 is 0.929 bits per heavy atom. The predicted octanol–water partition coefficient (Wildman–Crippen LogP) is 3.94. The normalized spacial score (nSPS) is 12.6. The Kier molecular flexibility index (Phi) is 7.38. The summed E-state index contributed by atoms with van der Waals surface area (Å²) < 4.78 is 86.0. The van der Waals surface area contributed by atoms with E-state index in [1.54, 1.807) is 0 Å². The Morgan fingerprint density at radius 2 is 1.36 bits per heavy atom. The van der Waals surface area contributed by atoms with Crippen LogP contribution in [0.2, 0.25) is 0 Å². The quantitative estimate of drug-likeness (QED) is 0.598. The Hall–Kier alpha value is -0.820. The van der Waals surface area contributed by atoms with Crippen LogP contribution in [0.4, 0.5) is 35.1 Å². The maximum atomic E-state index is 10.8. The molecule has 0 aromatic carbocycles. The van der Waals surface area contributed by atoms with E-state index in [1.807, 2.05) is 0 Å². The van der Waals surface area contributed by atoms with E-state index in [1.165, 1.54) is 0 Å². The Morgan fingerprint density at radius 3 is 1.36 bits per heavy atom. The molecule has 0 bridgehead atoms. The van der Waals surface area contributed by atoms with Gasteiger partial charge in [-0.25, -0.2) is 4.39 Å². The van der Waals surface area contributed by atoms with E-state index in [0.29, 0.717) is 0 Å². The SMILES string of the molecule is FC=CC(F)(F)F.FCCC(F)(F)F. The summed E-state index contributed by atoms with van der Waals surface area (Å²) in [6.45, 7) is -1.32. The second-order valence-electron chi connectivity index (χ2n) is 1.89. The molecule has 0 saturated heterocycles. The summed E-state index contributed by atoms with van der Waals surface area (Å²) in [6, 6.07) is 0. The molecule has 0 N–H and O–H groups in total. The summed E-state index contributed by atoms with van der Waals surface area (Å²) in [6.07, 6.45) is -11.2. The molecule has 0 spiro atoms. The second kappa shape index (κ2) is 6.61. The molecule has 0 nitrogen and oxygen atoms in total. The van der Waals surface area contributed by atoms with Crippen molar-refractivity contribution in [3.05, 3.63) is 12.4 Å². The summed E-state index contributed by atoms with van der Waals surface area (Å²) in [5, 5.41) is 0. The van der Waals surface area contributed by atoms with Crippen molar-refractivity contribution in [2.24, 2.45) is 0 Å². The molecular weight excluding hydrogens is 224 g/mol. The molecule has 0 unspecified atom stereocenters. The van der Waals surface area contributed by atoms with Crippen LogP contribution >= 0.6 is 0 Å². The molecule has 14 heavy (non-hydrogen) atoms. The summed E-state index contributed by atoms with van der Waals surface area (Å²) in [5.41, 5.74) is 0. The van der Waals surface area contributed by atoms with Gasteiger partial charge in [-0.1, -0.05) is 0 Å². The lowest BCUT2D eigenvalue weighted by Gasteiger charge is -1.98. The third-order valence-corrected chi connectivity index (χ3v) is 0.630. The van der Waals surface area contributed by atoms with Crippen LogP contribution in [-0.4, -0.2) is 19.0 Å². The molecule has 0 atom stereocenters. The van der Waals surface area contributed by atoms with Gasteiger partial charge in [0.1, 0.15) is 0 Å². The molecule has 0 heterocycles. The minimum atomic E-state index is -4.51. The number of allylic oxidation sites excluding steroid dienone is 1. The lowest BCUT2D eigenvalue weighted by molar-refractivity contribution is -0.136. The van der Waals surface area contributed by atoms with Gasteiger partial charge in [-0.3, -0.25) is 4.39 Å². The second-order valence-corrected chi connectivity index (χ2v) is 1.89.